The number of hydrogen-bond donors (Lipinski definition) is 0. The maximum atomic E-state index is 2.14. The Kier molecular flexibility index (Phi) is 4.17. The van der Waals surface area contributed by atoms with E-state index < -0.39 is 0 Å². The van der Waals surface area contributed by atoms with Gasteiger partial charge in [0.1, 0.15) is 0 Å². The summed E-state index contributed by atoms with van der Waals surface area (Å²) in [6, 6.07) is 8.38. The van der Waals surface area contributed by atoms with Gasteiger partial charge >= 0.3 is 0 Å². The molecule has 0 aromatic heterocycles. The molecular formula is C14H19N. The van der Waals surface area contributed by atoms with Crippen molar-refractivity contribution in [2.45, 2.75) is 13.8 Å². The van der Waals surface area contributed by atoms with Crippen molar-refractivity contribution in [2.24, 2.45) is 0 Å². The van der Waals surface area contributed by atoms with Gasteiger partial charge in [-0.25, -0.2) is 0 Å². The van der Waals surface area contributed by atoms with Gasteiger partial charge in [0, 0.05) is 19.8 Å². The van der Waals surface area contributed by atoms with E-state index >= 15 is 0 Å². The van der Waals surface area contributed by atoms with Gasteiger partial charge in [-0.2, -0.15) is 0 Å². The Bertz CT molecular complexity index is 369. The third-order valence-corrected chi connectivity index (χ3v) is 2.12. The van der Waals surface area contributed by atoms with Crippen LogP contribution in [0.3, 0.4) is 0 Å². The summed E-state index contributed by atoms with van der Waals surface area (Å²) in [7, 11) is 4.13. The third kappa shape index (κ3) is 3.62. The van der Waals surface area contributed by atoms with E-state index in [9.17, 15) is 0 Å². The first-order chi connectivity index (χ1) is 7.11. The summed E-state index contributed by atoms with van der Waals surface area (Å²) in [5, 5.41) is 0. The summed E-state index contributed by atoms with van der Waals surface area (Å²) in [5.41, 5.74) is 3.81. The molecule has 15 heavy (non-hydrogen) atoms. The molecule has 0 atom stereocenters. The quantitative estimate of drug-likeness (QED) is 0.673. The van der Waals surface area contributed by atoms with E-state index in [1.54, 1.807) is 0 Å². The minimum absolute atomic E-state index is 1.25. The van der Waals surface area contributed by atoms with Crippen LogP contribution >= 0.6 is 0 Å². The monoisotopic (exact) mass is 201 g/mol. The smallest absolute Gasteiger partial charge is 0.0434 e. The highest BCUT2D eigenvalue weighted by molar-refractivity contribution is 5.67. The van der Waals surface area contributed by atoms with E-state index in [0.29, 0.717) is 0 Å². The molecule has 1 nitrogen and oxygen atoms in total. The lowest BCUT2D eigenvalue weighted by Gasteiger charge is -2.15. The molecule has 1 rings (SSSR count). The predicted molar refractivity (Wildman–Crippen MR) is 69.2 cm³/mol. The van der Waals surface area contributed by atoms with Gasteiger partial charge in [0.2, 0.25) is 0 Å². The fraction of sp³-hybridized carbons (Fsp3) is 0.286. The van der Waals surface area contributed by atoms with Crippen molar-refractivity contribution < 1.29 is 0 Å². The van der Waals surface area contributed by atoms with Crippen molar-refractivity contribution in [3.8, 4) is 0 Å². The molecule has 0 aliphatic heterocycles. The Labute approximate surface area is 92.7 Å². The largest absolute Gasteiger partial charge is 0.377 e. The molecule has 0 radical (unpaired) electrons. The molecule has 0 heterocycles. The highest BCUT2D eigenvalue weighted by atomic mass is 15.1. The lowest BCUT2D eigenvalue weighted by atomic mass is 10.1. The van der Waals surface area contributed by atoms with Crippen LogP contribution < -0.4 is 4.90 Å². The SMILES string of the molecule is CC(C)=C/C=C\c1ccccc1N(C)C. The van der Waals surface area contributed by atoms with Crippen LogP contribution in [0.15, 0.2) is 42.0 Å². The number of nitrogens with zero attached hydrogens (tertiary/aromatic N) is 1. The molecule has 0 unspecified atom stereocenters. The highest BCUT2D eigenvalue weighted by Gasteiger charge is 1.98. The maximum Gasteiger partial charge on any atom is 0.0434 e. The van der Waals surface area contributed by atoms with Crippen molar-refractivity contribution >= 4 is 11.8 Å². The van der Waals surface area contributed by atoms with Gasteiger partial charge in [0.05, 0.1) is 0 Å². The van der Waals surface area contributed by atoms with E-state index in [0.717, 1.165) is 0 Å². The Balaban J connectivity index is 2.94. The lowest BCUT2D eigenvalue weighted by Crippen LogP contribution is -2.09. The van der Waals surface area contributed by atoms with Gasteiger partial charge in [-0.1, -0.05) is 42.0 Å². The van der Waals surface area contributed by atoms with Crippen LogP contribution in [0.25, 0.3) is 6.08 Å². The van der Waals surface area contributed by atoms with Crippen molar-refractivity contribution in [2.75, 3.05) is 19.0 Å². The van der Waals surface area contributed by atoms with E-state index in [1.165, 1.54) is 16.8 Å². The summed E-state index contributed by atoms with van der Waals surface area (Å²) in [6.07, 6.45) is 6.35. The molecule has 0 aliphatic rings. The topological polar surface area (TPSA) is 3.24 Å². The molecule has 1 aromatic carbocycles. The normalized spacial score (nSPS) is 10.4. The van der Waals surface area contributed by atoms with Gasteiger partial charge in [-0.05, 0) is 25.5 Å². The molecule has 0 amide bonds. The fourth-order valence-electron chi connectivity index (χ4n) is 1.38. The van der Waals surface area contributed by atoms with Gasteiger partial charge in [0.25, 0.3) is 0 Å². The number of rotatable bonds is 3. The first-order valence-corrected chi connectivity index (χ1v) is 5.19. The zero-order chi connectivity index (χ0) is 11.3. The minimum Gasteiger partial charge on any atom is -0.377 e. The number of anilines is 1. The van der Waals surface area contributed by atoms with Crippen LogP contribution in [-0.4, -0.2) is 14.1 Å². The van der Waals surface area contributed by atoms with E-state index in [2.05, 4.69) is 75.3 Å². The lowest BCUT2D eigenvalue weighted by molar-refractivity contribution is 1.13. The molecule has 0 spiro atoms. The summed E-state index contributed by atoms with van der Waals surface area (Å²) in [6.45, 7) is 4.20. The van der Waals surface area contributed by atoms with E-state index in [4.69, 9.17) is 0 Å². The van der Waals surface area contributed by atoms with Crippen LogP contribution in [0, 0.1) is 0 Å². The van der Waals surface area contributed by atoms with Crippen molar-refractivity contribution in [1.29, 1.82) is 0 Å². The van der Waals surface area contributed by atoms with Crippen molar-refractivity contribution in [3.05, 3.63) is 47.6 Å². The van der Waals surface area contributed by atoms with Crippen LogP contribution in [0.1, 0.15) is 19.4 Å². The number of allylic oxidation sites excluding steroid dienone is 3. The summed E-state index contributed by atoms with van der Waals surface area (Å²) < 4.78 is 0. The van der Waals surface area contributed by atoms with Crippen LogP contribution in [0.2, 0.25) is 0 Å². The molecule has 80 valence electrons. The Morgan fingerprint density at radius 2 is 1.80 bits per heavy atom. The summed E-state index contributed by atoms with van der Waals surface area (Å²) in [4.78, 5) is 2.13. The van der Waals surface area contributed by atoms with Crippen LogP contribution in [-0.2, 0) is 0 Å². The highest BCUT2D eigenvalue weighted by Crippen LogP contribution is 2.19. The molecule has 1 heteroatoms. The van der Waals surface area contributed by atoms with E-state index in [-0.39, 0.29) is 0 Å². The number of benzene rings is 1. The maximum absolute atomic E-state index is 2.14. The van der Waals surface area contributed by atoms with Gasteiger partial charge in [-0.15, -0.1) is 0 Å². The summed E-state index contributed by atoms with van der Waals surface area (Å²) in [5.74, 6) is 0. The standard InChI is InChI=1S/C14H19N/c1-12(2)8-7-10-13-9-5-6-11-14(13)15(3)4/h5-11H,1-4H3/b10-7-. The van der Waals surface area contributed by atoms with Crippen LogP contribution in [0.4, 0.5) is 5.69 Å². The molecule has 0 bridgehead atoms. The zero-order valence-electron chi connectivity index (χ0n) is 9.99. The number of para-hydroxylation sites is 1. The average Bonchev–Trinajstić information content (AvgIpc) is 2.17. The number of hydrogen-bond acceptors (Lipinski definition) is 1. The second-order valence-electron chi connectivity index (χ2n) is 4.06. The summed E-state index contributed by atoms with van der Waals surface area (Å²) >= 11 is 0. The first-order valence-electron chi connectivity index (χ1n) is 5.19. The molecule has 0 aliphatic carbocycles. The van der Waals surface area contributed by atoms with Gasteiger partial charge < -0.3 is 4.90 Å². The molecule has 0 saturated carbocycles. The Hall–Kier alpha value is -1.50. The van der Waals surface area contributed by atoms with Gasteiger partial charge in [0.15, 0.2) is 0 Å². The fourth-order valence-corrected chi connectivity index (χ4v) is 1.38. The zero-order valence-corrected chi connectivity index (χ0v) is 9.99. The molecule has 0 fully saturated rings. The first kappa shape index (κ1) is 11.6. The molecular weight excluding hydrogens is 182 g/mol. The minimum atomic E-state index is 1.25. The Morgan fingerprint density at radius 3 is 2.40 bits per heavy atom. The van der Waals surface area contributed by atoms with Gasteiger partial charge in [-0.3, -0.25) is 0 Å². The molecule has 0 N–H and O–H groups in total. The Morgan fingerprint density at radius 1 is 1.13 bits per heavy atom. The van der Waals surface area contributed by atoms with Crippen molar-refractivity contribution in [1.82, 2.24) is 0 Å². The molecule has 0 saturated heterocycles. The average molecular weight is 201 g/mol. The van der Waals surface area contributed by atoms with Crippen molar-refractivity contribution in [3.63, 3.8) is 0 Å². The van der Waals surface area contributed by atoms with Crippen LogP contribution in [0.5, 0.6) is 0 Å². The third-order valence-electron chi connectivity index (χ3n) is 2.12. The van der Waals surface area contributed by atoms with E-state index in [1.807, 2.05) is 0 Å². The molecule has 1 aromatic rings. The predicted octanol–water partition coefficient (Wildman–Crippen LogP) is 3.73. The second kappa shape index (κ2) is 5.40. The second-order valence-corrected chi connectivity index (χ2v) is 4.06.